The van der Waals surface area contributed by atoms with Gasteiger partial charge in [0.2, 0.25) is 5.91 Å². The fourth-order valence-corrected chi connectivity index (χ4v) is 3.77. The second kappa shape index (κ2) is 5.18. The third-order valence-corrected chi connectivity index (χ3v) is 4.85. The lowest BCUT2D eigenvalue weighted by atomic mass is 9.74. The Labute approximate surface area is 127 Å². The number of hydrogen-bond donors (Lipinski definition) is 0. The van der Waals surface area contributed by atoms with Gasteiger partial charge in [0.25, 0.3) is 0 Å². The molecule has 2 aliphatic rings. The normalized spacial score (nSPS) is 20.4. The van der Waals surface area contributed by atoms with E-state index in [1.165, 1.54) is 16.2 Å². The Morgan fingerprint density at radius 1 is 1.23 bits per heavy atom. The van der Waals surface area contributed by atoms with Crippen LogP contribution in [0.2, 0.25) is 0 Å². The highest BCUT2D eigenvalue weighted by atomic mass is 19.4. The van der Waals surface area contributed by atoms with Crippen molar-refractivity contribution in [2.24, 2.45) is 0 Å². The van der Waals surface area contributed by atoms with E-state index in [1.54, 1.807) is 0 Å². The monoisotopic (exact) mass is 312 g/mol. The maximum atomic E-state index is 12.3. The zero-order valence-electron chi connectivity index (χ0n) is 12.5. The fraction of sp³-hybridized carbons (Fsp3) is 0.562. The number of nitrogens with zero attached hydrogens (tertiary/aromatic N) is 2. The molecule has 3 rings (SSSR count). The lowest BCUT2D eigenvalue weighted by Gasteiger charge is -2.40. The lowest BCUT2D eigenvalue weighted by molar-refractivity contribution is -0.162. The van der Waals surface area contributed by atoms with Crippen LogP contribution in [0, 0.1) is 0 Å². The molecule has 0 aromatic heterocycles. The minimum Gasteiger partial charge on any atom is -0.373 e. The van der Waals surface area contributed by atoms with Crippen molar-refractivity contribution < 1.29 is 18.0 Å². The highest BCUT2D eigenvalue weighted by molar-refractivity contribution is 5.77. The van der Waals surface area contributed by atoms with E-state index in [9.17, 15) is 18.0 Å². The standard InChI is InChI=1S/C16H19F3N2O/c1-20-11-15(12-4-2-3-5-13(12)20)6-8-21(9-7-15)14(22)10-16(17,18)19/h2-5H,6-11H2,1H3. The molecule has 0 N–H and O–H groups in total. The van der Waals surface area contributed by atoms with Crippen molar-refractivity contribution in [3.05, 3.63) is 29.8 Å². The van der Waals surface area contributed by atoms with Gasteiger partial charge in [-0.15, -0.1) is 0 Å². The smallest absolute Gasteiger partial charge is 0.373 e. The van der Waals surface area contributed by atoms with Crippen LogP contribution in [0.3, 0.4) is 0 Å². The van der Waals surface area contributed by atoms with Gasteiger partial charge >= 0.3 is 6.18 Å². The maximum Gasteiger partial charge on any atom is 0.397 e. The summed E-state index contributed by atoms with van der Waals surface area (Å²) < 4.78 is 37.0. The summed E-state index contributed by atoms with van der Waals surface area (Å²) in [5.41, 5.74) is 2.43. The second-order valence-corrected chi connectivity index (χ2v) is 6.33. The van der Waals surface area contributed by atoms with Gasteiger partial charge in [0.1, 0.15) is 6.42 Å². The van der Waals surface area contributed by atoms with E-state index in [0.717, 1.165) is 19.4 Å². The first-order chi connectivity index (χ1) is 10.3. The third kappa shape index (κ3) is 2.66. The van der Waals surface area contributed by atoms with Crippen LogP contribution < -0.4 is 4.90 Å². The van der Waals surface area contributed by atoms with Gasteiger partial charge in [0.05, 0.1) is 0 Å². The number of fused-ring (bicyclic) bond motifs is 2. The molecule has 1 saturated heterocycles. The number of rotatable bonds is 1. The molecule has 0 atom stereocenters. The molecule has 2 heterocycles. The predicted molar refractivity (Wildman–Crippen MR) is 77.9 cm³/mol. The number of likely N-dealkylation sites (N-methyl/N-ethyl adjacent to an activating group) is 1. The SMILES string of the molecule is CN1CC2(CCN(C(=O)CC(F)(F)F)CC2)c2ccccc21. The van der Waals surface area contributed by atoms with Gasteiger partial charge < -0.3 is 9.80 Å². The lowest BCUT2D eigenvalue weighted by Crippen LogP contribution is -2.47. The number of benzene rings is 1. The molecular weight excluding hydrogens is 293 g/mol. The molecule has 0 saturated carbocycles. The number of amides is 1. The first-order valence-electron chi connectivity index (χ1n) is 7.46. The summed E-state index contributed by atoms with van der Waals surface area (Å²) in [7, 11) is 2.04. The summed E-state index contributed by atoms with van der Waals surface area (Å²) in [5.74, 6) is -0.804. The first kappa shape index (κ1) is 15.2. The molecule has 1 fully saturated rings. The minimum atomic E-state index is -4.42. The summed E-state index contributed by atoms with van der Waals surface area (Å²) in [4.78, 5) is 15.3. The molecule has 1 spiro atoms. The quantitative estimate of drug-likeness (QED) is 0.796. The molecule has 0 radical (unpaired) electrons. The molecule has 1 aromatic rings. The highest BCUT2D eigenvalue weighted by Crippen LogP contribution is 2.46. The number of para-hydroxylation sites is 1. The van der Waals surface area contributed by atoms with Crippen LogP contribution in [-0.4, -0.2) is 43.7 Å². The fourth-order valence-electron chi connectivity index (χ4n) is 3.77. The van der Waals surface area contributed by atoms with Crippen LogP contribution in [0.15, 0.2) is 24.3 Å². The van der Waals surface area contributed by atoms with E-state index >= 15 is 0 Å². The van der Waals surface area contributed by atoms with E-state index in [2.05, 4.69) is 17.0 Å². The highest BCUT2D eigenvalue weighted by Gasteiger charge is 2.44. The van der Waals surface area contributed by atoms with Crippen LogP contribution in [-0.2, 0) is 10.2 Å². The van der Waals surface area contributed by atoms with Crippen molar-refractivity contribution in [2.75, 3.05) is 31.6 Å². The van der Waals surface area contributed by atoms with Crippen molar-refractivity contribution in [3.63, 3.8) is 0 Å². The van der Waals surface area contributed by atoms with E-state index in [4.69, 9.17) is 0 Å². The number of halogens is 3. The van der Waals surface area contributed by atoms with Crippen LogP contribution in [0.5, 0.6) is 0 Å². The molecule has 3 nitrogen and oxygen atoms in total. The van der Waals surface area contributed by atoms with Crippen LogP contribution in [0.25, 0.3) is 0 Å². The summed E-state index contributed by atoms with van der Waals surface area (Å²) in [5, 5.41) is 0. The van der Waals surface area contributed by atoms with Crippen LogP contribution in [0.1, 0.15) is 24.8 Å². The van der Waals surface area contributed by atoms with Gasteiger partial charge in [-0.3, -0.25) is 4.79 Å². The molecule has 2 aliphatic heterocycles. The number of hydrogen-bond acceptors (Lipinski definition) is 2. The third-order valence-electron chi connectivity index (χ3n) is 4.85. The molecule has 0 aliphatic carbocycles. The molecule has 22 heavy (non-hydrogen) atoms. The van der Waals surface area contributed by atoms with Gasteiger partial charge in [0, 0.05) is 37.8 Å². The number of anilines is 1. The van der Waals surface area contributed by atoms with Gasteiger partial charge in [-0.2, -0.15) is 13.2 Å². The van der Waals surface area contributed by atoms with Crippen molar-refractivity contribution in [3.8, 4) is 0 Å². The Hall–Kier alpha value is -1.72. The number of likely N-dealkylation sites (tertiary alicyclic amines) is 1. The van der Waals surface area contributed by atoms with Gasteiger partial charge in [-0.1, -0.05) is 18.2 Å². The zero-order chi connectivity index (χ0) is 16.0. The van der Waals surface area contributed by atoms with Gasteiger partial charge in [0.15, 0.2) is 0 Å². The van der Waals surface area contributed by atoms with Crippen LogP contribution >= 0.6 is 0 Å². The second-order valence-electron chi connectivity index (χ2n) is 6.33. The number of carbonyl (C=O) groups is 1. The summed E-state index contributed by atoms with van der Waals surface area (Å²) in [6.45, 7) is 1.67. The van der Waals surface area contributed by atoms with E-state index < -0.39 is 18.5 Å². The van der Waals surface area contributed by atoms with Crippen molar-refractivity contribution in [2.45, 2.75) is 30.9 Å². The van der Waals surface area contributed by atoms with E-state index in [1.807, 2.05) is 19.2 Å². The number of alkyl halides is 3. The molecular formula is C16H19F3N2O. The average Bonchev–Trinajstić information content (AvgIpc) is 2.71. The molecule has 6 heteroatoms. The Balaban J connectivity index is 1.71. The average molecular weight is 312 g/mol. The Kier molecular flexibility index (Phi) is 3.57. The van der Waals surface area contributed by atoms with Crippen molar-refractivity contribution >= 4 is 11.6 Å². The first-order valence-corrected chi connectivity index (χ1v) is 7.46. The summed E-state index contributed by atoms with van der Waals surface area (Å²) in [6.07, 6.45) is -4.33. The van der Waals surface area contributed by atoms with Crippen molar-refractivity contribution in [1.82, 2.24) is 4.90 Å². The van der Waals surface area contributed by atoms with Crippen molar-refractivity contribution in [1.29, 1.82) is 0 Å². The maximum absolute atomic E-state index is 12.3. The number of piperidine rings is 1. The Morgan fingerprint density at radius 2 is 1.86 bits per heavy atom. The molecule has 0 bridgehead atoms. The van der Waals surface area contributed by atoms with E-state index in [0.29, 0.717) is 13.1 Å². The number of carbonyl (C=O) groups excluding carboxylic acids is 1. The predicted octanol–water partition coefficient (Wildman–Crippen LogP) is 2.95. The molecule has 0 unspecified atom stereocenters. The zero-order valence-corrected chi connectivity index (χ0v) is 12.5. The summed E-state index contributed by atoms with van der Waals surface area (Å²) in [6, 6.07) is 8.18. The summed E-state index contributed by atoms with van der Waals surface area (Å²) >= 11 is 0. The van der Waals surface area contributed by atoms with Gasteiger partial charge in [-0.05, 0) is 24.5 Å². The molecule has 1 amide bonds. The Morgan fingerprint density at radius 3 is 2.50 bits per heavy atom. The Bertz CT molecular complexity index is 577. The van der Waals surface area contributed by atoms with Gasteiger partial charge in [-0.25, -0.2) is 0 Å². The molecule has 120 valence electrons. The van der Waals surface area contributed by atoms with E-state index in [-0.39, 0.29) is 5.41 Å². The minimum absolute atomic E-state index is 0.0274. The topological polar surface area (TPSA) is 23.6 Å². The van der Waals surface area contributed by atoms with Crippen LogP contribution in [0.4, 0.5) is 18.9 Å². The largest absolute Gasteiger partial charge is 0.397 e. The molecule has 1 aromatic carbocycles.